The molecule has 2 saturated heterocycles. The molecule has 1 aromatic rings. The molecule has 110 valence electrons. The number of ether oxygens (including phenoxy) is 1. The summed E-state index contributed by atoms with van der Waals surface area (Å²) < 4.78 is 6.15. The van der Waals surface area contributed by atoms with Crippen LogP contribution in [-0.2, 0) is 11.2 Å². The fourth-order valence-corrected chi connectivity index (χ4v) is 4.60. The molecule has 2 aliphatic rings. The summed E-state index contributed by atoms with van der Waals surface area (Å²) in [4.78, 5) is 0. The lowest BCUT2D eigenvalue weighted by molar-refractivity contribution is -0.0930. The lowest BCUT2D eigenvalue weighted by Gasteiger charge is -2.43. The van der Waals surface area contributed by atoms with Gasteiger partial charge in [0.15, 0.2) is 0 Å². The van der Waals surface area contributed by atoms with Gasteiger partial charge in [0.05, 0.1) is 5.60 Å². The van der Waals surface area contributed by atoms with E-state index in [1.54, 1.807) is 0 Å². The number of benzene rings is 1. The molecule has 0 bridgehead atoms. The molecule has 1 spiro atoms. The smallest absolute Gasteiger partial charge is 0.0713 e. The first-order valence-corrected chi connectivity index (χ1v) is 9.01. The van der Waals surface area contributed by atoms with Crippen molar-refractivity contribution < 1.29 is 4.74 Å². The fourth-order valence-electron chi connectivity index (χ4n) is 3.36. The number of hydrogen-bond donors (Lipinski definition) is 1. The lowest BCUT2D eigenvalue weighted by atomic mass is 9.85. The van der Waals surface area contributed by atoms with E-state index in [-0.39, 0.29) is 5.60 Å². The first-order chi connectivity index (χ1) is 9.86. The average Bonchev–Trinajstić information content (AvgIpc) is 2.49. The zero-order chi connectivity index (χ0) is 13.7. The van der Waals surface area contributed by atoms with Gasteiger partial charge >= 0.3 is 0 Å². The standard InChI is InChI=1S/C17H25NOS/c1-2-4-15(5-3-1)6-10-18-16-7-11-19-17(14-16)8-12-20-13-9-17/h1-5,16,18H,6-14H2. The normalized spacial score (nSPS) is 25.7. The molecular weight excluding hydrogens is 266 g/mol. The van der Waals surface area contributed by atoms with E-state index in [0.29, 0.717) is 6.04 Å². The third kappa shape index (κ3) is 3.78. The zero-order valence-corrected chi connectivity index (χ0v) is 13.0. The molecule has 20 heavy (non-hydrogen) atoms. The Hall–Kier alpha value is -0.510. The monoisotopic (exact) mass is 291 g/mol. The Kier molecular flexibility index (Phi) is 5.03. The molecule has 3 rings (SSSR count). The summed E-state index contributed by atoms with van der Waals surface area (Å²) in [6.45, 7) is 2.02. The van der Waals surface area contributed by atoms with Crippen LogP contribution in [0.15, 0.2) is 30.3 Å². The van der Waals surface area contributed by atoms with Crippen molar-refractivity contribution in [2.75, 3.05) is 24.7 Å². The van der Waals surface area contributed by atoms with Crippen LogP contribution in [0.5, 0.6) is 0 Å². The van der Waals surface area contributed by atoms with Crippen LogP contribution in [0, 0.1) is 0 Å². The summed E-state index contributed by atoms with van der Waals surface area (Å²) in [5, 5.41) is 3.75. The van der Waals surface area contributed by atoms with E-state index < -0.39 is 0 Å². The van der Waals surface area contributed by atoms with Crippen molar-refractivity contribution in [3.8, 4) is 0 Å². The Morgan fingerprint density at radius 2 is 2.00 bits per heavy atom. The molecular formula is C17H25NOS. The molecule has 0 aromatic heterocycles. The van der Waals surface area contributed by atoms with Crippen molar-refractivity contribution in [2.24, 2.45) is 0 Å². The zero-order valence-electron chi connectivity index (χ0n) is 12.1. The maximum Gasteiger partial charge on any atom is 0.0713 e. The van der Waals surface area contributed by atoms with Gasteiger partial charge < -0.3 is 10.1 Å². The summed E-state index contributed by atoms with van der Waals surface area (Å²) in [6, 6.07) is 11.4. The van der Waals surface area contributed by atoms with E-state index in [9.17, 15) is 0 Å². The lowest BCUT2D eigenvalue weighted by Crippen LogP contribution is -2.49. The molecule has 2 fully saturated rings. The summed E-state index contributed by atoms with van der Waals surface area (Å²) in [6.07, 6.45) is 6.00. The largest absolute Gasteiger partial charge is 0.375 e. The average molecular weight is 291 g/mol. The highest BCUT2D eigenvalue weighted by Gasteiger charge is 2.38. The molecule has 1 atom stereocenters. The molecule has 0 radical (unpaired) electrons. The minimum Gasteiger partial charge on any atom is -0.375 e. The van der Waals surface area contributed by atoms with Gasteiger partial charge in [-0.05, 0) is 55.7 Å². The Morgan fingerprint density at radius 3 is 2.80 bits per heavy atom. The van der Waals surface area contributed by atoms with E-state index >= 15 is 0 Å². The maximum absolute atomic E-state index is 6.15. The highest BCUT2D eigenvalue weighted by atomic mass is 32.2. The Balaban J connectivity index is 1.45. The second-order valence-electron chi connectivity index (χ2n) is 6.02. The topological polar surface area (TPSA) is 21.3 Å². The summed E-state index contributed by atoms with van der Waals surface area (Å²) in [5.74, 6) is 2.55. The molecule has 2 aliphatic heterocycles. The summed E-state index contributed by atoms with van der Waals surface area (Å²) in [7, 11) is 0. The Bertz CT molecular complexity index is 397. The van der Waals surface area contributed by atoms with E-state index in [1.165, 1.54) is 42.8 Å². The van der Waals surface area contributed by atoms with Crippen LogP contribution in [0.1, 0.15) is 31.2 Å². The van der Waals surface area contributed by atoms with Crippen molar-refractivity contribution >= 4 is 11.8 Å². The van der Waals surface area contributed by atoms with Crippen molar-refractivity contribution in [3.63, 3.8) is 0 Å². The first kappa shape index (κ1) is 14.4. The number of nitrogens with one attached hydrogen (secondary N) is 1. The fraction of sp³-hybridized carbons (Fsp3) is 0.647. The van der Waals surface area contributed by atoms with Crippen LogP contribution in [-0.4, -0.2) is 36.3 Å². The van der Waals surface area contributed by atoms with Crippen LogP contribution in [0.4, 0.5) is 0 Å². The van der Waals surface area contributed by atoms with Gasteiger partial charge in [0.1, 0.15) is 0 Å². The molecule has 2 nitrogen and oxygen atoms in total. The maximum atomic E-state index is 6.15. The van der Waals surface area contributed by atoms with Crippen LogP contribution in [0.3, 0.4) is 0 Å². The van der Waals surface area contributed by atoms with Crippen molar-refractivity contribution in [2.45, 2.75) is 43.7 Å². The van der Waals surface area contributed by atoms with Gasteiger partial charge in [0, 0.05) is 12.6 Å². The van der Waals surface area contributed by atoms with Gasteiger partial charge in [0.2, 0.25) is 0 Å². The molecule has 1 aromatic carbocycles. The highest BCUT2D eigenvalue weighted by Crippen LogP contribution is 2.37. The van der Waals surface area contributed by atoms with Gasteiger partial charge in [-0.2, -0.15) is 11.8 Å². The SMILES string of the molecule is c1ccc(CCNC2CCOC3(CCSCC3)C2)cc1. The quantitative estimate of drug-likeness (QED) is 0.920. The minimum atomic E-state index is 0.202. The van der Waals surface area contributed by atoms with Crippen LogP contribution in [0.2, 0.25) is 0 Å². The second kappa shape index (κ2) is 6.97. The predicted molar refractivity (Wildman–Crippen MR) is 86.4 cm³/mol. The number of hydrogen-bond acceptors (Lipinski definition) is 3. The Morgan fingerprint density at radius 1 is 1.20 bits per heavy atom. The second-order valence-corrected chi connectivity index (χ2v) is 7.25. The molecule has 0 aliphatic carbocycles. The van der Waals surface area contributed by atoms with Gasteiger partial charge in [0.25, 0.3) is 0 Å². The number of rotatable bonds is 4. The predicted octanol–water partition coefficient (Wildman–Crippen LogP) is 3.26. The molecule has 2 heterocycles. The van der Waals surface area contributed by atoms with E-state index in [4.69, 9.17) is 4.74 Å². The minimum absolute atomic E-state index is 0.202. The van der Waals surface area contributed by atoms with Crippen LogP contribution >= 0.6 is 11.8 Å². The first-order valence-electron chi connectivity index (χ1n) is 7.85. The molecule has 0 saturated carbocycles. The highest BCUT2D eigenvalue weighted by molar-refractivity contribution is 7.99. The Labute approximate surface area is 126 Å². The third-order valence-electron chi connectivity index (χ3n) is 4.59. The van der Waals surface area contributed by atoms with Crippen molar-refractivity contribution in [3.05, 3.63) is 35.9 Å². The van der Waals surface area contributed by atoms with Gasteiger partial charge in [-0.15, -0.1) is 0 Å². The van der Waals surface area contributed by atoms with E-state index in [1.807, 2.05) is 0 Å². The third-order valence-corrected chi connectivity index (χ3v) is 5.57. The van der Waals surface area contributed by atoms with E-state index in [0.717, 1.165) is 19.6 Å². The molecule has 1 unspecified atom stereocenters. The summed E-state index contributed by atoms with van der Waals surface area (Å²) >= 11 is 2.08. The van der Waals surface area contributed by atoms with Gasteiger partial charge in [-0.1, -0.05) is 30.3 Å². The van der Waals surface area contributed by atoms with E-state index in [2.05, 4.69) is 47.4 Å². The van der Waals surface area contributed by atoms with Gasteiger partial charge in [-0.3, -0.25) is 0 Å². The number of thioether (sulfide) groups is 1. The molecule has 1 N–H and O–H groups in total. The van der Waals surface area contributed by atoms with Crippen LogP contribution in [0.25, 0.3) is 0 Å². The van der Waals surface area contributed by atoms with Gasteiger partial charge in [-0.25, -0.2) is 0 Å². The van der Waals surface area contributed by atoms with Crippen LogP contribution < -0.4 is 5.32 Å². The van der Waals surface area contributed by atoms with Crippen molar-refractivity contribution in [1.29, 1.82) is 0 Å². The summed E-state index contributed by atoms with van der Waals surface area (Å²) in [5.41, 5.74) is 1.63. The molecule has 3 heteroatoms. The molecule has 0 amide bonds. The van der Waals surface area contributed by atoms with Crippen molar-refractivity contribution in [1.82, 2.24) is 5.32 Å².